The molecule has 0 atom stereocenters. The Morgan fingerprint density at radius 3 is 1.68 bits per heavy atom. The minimum Gasteiger partial charge on any atom is -0.423 e. The molecule has 0 saturated carbocycles. The largest absolute Gasteiger partial charge is 0.423 e. The van der Waals surface area contributed by atoms with Gasteiger partial charge in [0.25, 0.3) is 17.3 Å². The monoisotopic (exact) mass is 560 g/mol. The lowest BCUT2D eigenvalue weighted by molar-refractivity contribution is -0.385. The van der Waals surface area contributed by atoms with Gasteiger partial charge in [0.2, 0.25) is 11.8 Å². The number of non-ortho nitro benzene ring substituents is 2. The summed E-state index contributed by atoms with van der Waals surface area (Å²) in [7, 11) is 0. The fourth-order valence-corrected chi connectivity index (χ4v) is 3.94. The van der Waals surface area contributed by atoms with Gasteiger partial charge in [-0.2, -0.15) is 5.01 Å². The van der Waals surface area contributed by atoms with Crippen LogP contribution in [0.25, 0.3) is 0 Å². The summed E-state index contributed by atoms with van der Waals surface area (Å²) >= 11 is 0. The molecule has 0 N–H and O–H groups in total. The van der Waals surface area contributed by atoms with Crippen molar-refractivity contribution >= 4 is 40.8 Å². The van der Waals surface area contributed by atoms with Gasteiger partial charge >= 0.3 is 5.97 Å². The van der Waals surface area contributed by atoms with Gasteiger partial charge in [0, 0.05) is 48.2 Å². The summed E-state index contributed by atoms with van der Waals surface area (Å²) in [6.45, 7) is -0.699. The van der Waals surface area contributed by atoms with E-state index in [1.54, 1.807) is 0 Å². The van der Waals surface area contributed by atoms with Gasteiger partial charge in [-0.15, -0.1) is 0 Å². The van der Waals surface area contributed by atoms with Gasteiger partial charge in [-0.25, -0.2) is 9.80 Å². The van der Waals surface area contributed by atoms with Gasteiger partial charge in [0.15, 0.2) is 5.78 Å². The number of nitrogens with zero attached hydrogens (tertiary/aromatic N) is 4. The van der Waals surface area contributed by atoms with Crippen LogP contribution < -0.4 is 4.74 Å². The zero-order valence-electron chi connectivity index (χ0n) is 21.1. The van der Waals surface area contributed by atoms with Crippen molar-refractivity contribution in [1.29, 1.82) is 0 Å². The second-order valence-electron chi connectivity index (χ2n) is 8.76. The number of ketones is 1. The molecule has 0 bridgehead atoms. The van der Waals surface area contributed by atoms with Crippen molar-refractivity contribution in [2.75, 3.05) is 6.54 Å². The summed E-state index contributed by atoms with van der Waals surface area (Å²) in [4.78, 5) is 84.5. The highest BCUT2D eigenvalue weighted by molar-refractivity contribution is 6.06. The first-order chi connectivity index (χ1) is 19.5. The lowest BCUT2D eigenvalue weighted by atomic mass is 10.1. The lowest BCUT2D eigenvalue weighted by Gasteiger charge is -2.35. The molecule has 1 saturated heterocycles. The summed E-state index contributed by atoms with van der Waals surface area (Å²) < 4.78 is 5.23. The normalized spacial score (nSPS) is 12.9. The summed E-state index contributed by atoms with van der Waals surface area (Å²) in [5.74, 6) is -3.60. The van der Waals surface area contributed by atoms with Crippen molar-refractivity contribution in [3.05, 3.63) is 110 Å². The SMILES string of the molecule is O=C(CN(C(=O)c1ccc([N+](=O)[O-])cc1)N1C(=O)CCCC1=O)c1ccc(OC(=O)c2ccc([N+](=O)[O-])cc2)cc1. The van der Waals surface area contributed by atoms with E-state index in [9.17, 15) is 44.2 Å². The van der Waals surface area contributed by atoms with E-state index in [1.165, 1.54) is 36.4 Å². The average Bonchev–Trinajstić information content (AvgIpc) is 2.96. The minimum atomic E-state index is -0.884. The number of nitro benzene ring substituents is 2. The Bertz CT molecular complexity index is 1530. The molecule has 4 rings (SSSR count). The van der Waals surface area contributed by atoms with Crippen LogP contribution in [0.5, 0.6) is 5.75 Å². The number of imide groups is 1. The van der Waals surface area contributed by atoms with Gasteiger partial charge in [-0.1, -0.05) is 0 Å². The van der Waals surface area contributed by atoms with E-state index in [0.717, 1.165) is 41.4 Å². The number of benzene rings is 3. The summed E-state index contributed by atoms with van der Waals surface area (Å²) in [6, 6.07) is 14.5. The number of hydrazine groups is 1. The number of rotatable bonds is 9. The Hall–Kier alpha value is -5.79. The van der Waals surface area contributed by atoms with Crippen molar-refractivity contribution in [3.63, 3.8) is 0 Å². The number of piperidine rings is 1. The third kappa shape index (κ3) is 6.44. The van der Waals surface area contributed by atoms with Crippen molar-refractivity contribution in [2.45, 2.75) is 19.3 Å². The van der Waals surface area contributed by atoms with Crippen molar-refractivity contribution < 1.29 is 38.6 Å². The van der Waals surface area contributed by atoms with Crippen LogP contribution in [0.15, 0.2) is 72.8 Å². The van der Waals surface area contributed by atoms with Gasteiger partial charge in [0.05, 0.1) is 15.4 Å². The zero-order valence-corrected chi connectivity index (χ0v) is 21.1. The molecule has 3 amide bonds. The highest BCUT2D eigenvalue weighted by atomic mass is 16.6. The molecule has 1 aliphatic rings. The van der Waals surface area contributed by atoms with E-state index in [2.05, 4.69) is 0 Å². The number of nitro groups is 2. The molecule has 41 heavy (non-hydrogen) atoms. The van der Waals surface area contributed by atoms with Gasteiger partial charge < -0.3 is 4.74 Å². The first kappa shape index (κ1) is 28.2. The van der Waals surface area contributed by atoms with E-state index >= 15 is 0 Å². The first-order valence-corrected chi connectivity index (χ1v) is 12.1. The Kier molecular flexibility index (Phi) is 8.22. The number of Topliss-reactive ketones (excluding diaryl/α,β-unsaturated/α-hetero) is 1. The second-order valence-corrected chi connectivity index (χ2v) is 8.76. The van der Waals surface area contributed by atoms with E-state index in [-0.39, 0.29) is 46.7 Å². The van der Waals surface area contributed by atoms with Crippen LogP contribution in [-0.2, 0) is 9.59 Å². The fourth-order valence-electron chi connectivity index (χ4n) is 3.94. The molecule has 0 aromatic heterocycles. The van der Waals surface area contributed by atoms with Crippen LogP contribution in [0.2, 0.25) is 0 Å². The molecular formula is C27H20N4O10. The molecule has 1 aliphatic heterocycles. The second kappa shape index (κ2) is 11.9. The molecule has 0 spiro atoms. The Morgan fingerprint density at radius 2 is 1.20 bits per heavy atom. The summed E-state index contributed by atoms with van der Waals surface area (Å²) in [5.41, 5.74) is -0.421. The zero-order chi connectivity index (χ0) is 29.7. The molecule has 0 radical (unpaired) electrons. The van der Waals surface area contributed by atoms with Crippen molar-refractivity contribution in [1.82, 2.24) is 10.0 Å². The third-order valence-corrected chi connectivity index (χ3v) is 6.05. The predicted molar refractivity (Wildman–Crippen MR) is 139 cm³/mol. The highest BCUT2D eigenvalue weighted by Crippen LogP contribution is 2.21. The minimum absolute atomic E-state index is 0.0151. The quantitative estimate of drug-likeness (QED) is 0.0935. The molecule has 14 nitrogen and oxygen atoms in total. The third-order valence-electron chi connectivity index (χ3n) is 6.05. The van der Waals surface area contributed by atoms with Gasteiger partial charge in [-0.3, -0.25) is 39.4 Å². The maximum absolute atomic E-state index is 13.3. The van der Waals surface area contributed by atoms with E-state index in [4.69, 9.17) is 4.74 Å². The molecule has 1 heterocycles. The number of hydrogen-bond acceptors (Lipinski definition) is 10. The molecule has 0 unspecified atom stereocenters. The summed E-state index contributed by atoms with van der Waals surface area (Å²) in [6.07, 6.45) is 0.263. The number of ether oxygens (including phenoxy) is 1. The van der Waals surface area contributed by atoms with Crippen LogP contribution in [0.1, 0.15) is 50.3 Å². The standard InChI is InChI=1S/C27H20N4O10/c32-23(17-8-14-22(15-9-17)41-27(36)19-6-12-21(13-7-19)31(39)40)16-28(29-24(33)2-1-3-25(29)34)26(35)18-4-10-20(11-5-18)30(37)38/h4-15H,1-3,16H2. The Morgan fingerprint density at radius 1 is 0.732 bits per heavy atom. The predicted octanol–water partition coefficient (Wildman–Crippen LogP) is 3.50. The van der Waals surface area contributed by atoms with Gasteiger partial charge in [-0.05, 0) is 55.0 Å². The van der Waals surface area contributed by atoms with Crippen molar-refractivity contribution in [2.24, 2.45) is 0 Å². The van der Waals surface area contributed by atoms with Crippen LogP contribution in [0.4, 0.5) is 11.4 Å². The molecule has 14 heteroatoms. The van der Waals surface area contributed by atoms with Crippen molar-refractivity contribution in [3.8, 4) is 5.75 Å². The van der Waals surface area contributed by atoms with Crippen LogP contribution in [0, 0.1) is 20.2 Å². The Balaban J connectivity index is 1.51. The average molecular weight is 560 g/mol. The molecule has 3 aromatic rings. The summed E-state index contributed by atoms with van der Waals surface area (Å²) in [5, 5.41) is 23.1. The Labute approximate surface area is 231 Å². The molecule has 0 aliphatic carbocycles. The fraction of sp³-hybridized carbons (Fsp3) is 0.148. The molecule has 208 valence electrons. The van der Waals surface area contributed by atoms with Crippen LogP contribution in [-0.4, -0.2) is 55.9 Å². The maximum atomic E-state index is 13.3. The van der Waals surface area contributed by atoms with E-state index < -0.39 is 45.9 Å². The highest BCUT2D eigenvalue weighted by Gasteiger charge is 2.36. The van der Waals surface area contributed by atoms with E-state index in [0.29, 0.717) is 11.4 Å². The number of carbonyl (C=O) groups is 5. The lowest BCUT2D eigenvalue weighted by Crippen LogP contribution is -2.56. The topological polar surface area (TPSA) is 187 Å². The van der Waals surface area contributed by atoms with E-state index in [1.807, 2.05) is 0 Å². The number of esters is 1. The number of hydrogen-bond donors (Lipinski definition) is 0. The van der Waals surface area contributed by atoms with Crippen LogP contribution in [0.3, 0.4) is 0 Å². The smallest absolute Gasteiger partial charge is 0.343 e. The maximum Gasteiger partial charge on any atom is 0.343 e. The van der Waals surface area contributed by atoms with Crippen LogP contribution >= 0.6 is 0 Å². The van der Waals surface area contributed by atoms with Gasteiger partial charge in [0.1, 0.15) is 12.3 Å². The molecule has 3 aromatic carbocycles. The first-order valence-electron chi connectivity index (χ1n) is 12.1. The molecule has 1 fully saturated rings. The molecular weight excluding hydrogens is 540 g/mol. The number of carbonyl (C=O) groups excluding carboxylic acids is 5. The number of amides is 3.